The van der Waals surface area contributed by atoms with Crippen LogP contribution in [0.2, 0.25) is 0 Å². The molecule has 9 nitrogen and oxygen atoms in total. The average molecular weight is 260 g/mol. The molecule has 0 unspecified atom stereocenters. The summed E-state index contributed by atoms with van der Waals surface area (Å²) in [5, 5.41) is 46.0. The summed E-state index contributed by atoms with van der Waals surface area (Å²) in [5.74, 6) is 0. The molecule has 0 radical (unpaired) electrons. The van der Waals surface area contributed by atoms with Crippen molar-refractivity contribution in [1.82, 2.24) is 0 Å². The van der Waals surface area contributed by atoms with Crippen LogP contribution in [0.4, 0.5) is 0 Å². The number of rotatable bonds is 2. The topological polar surface area (TPSA) is 165 Å². The lowest BCUT2D eigenvalue weighted by atomic mass is 9.85. The summed E-state index contributed by atoms with van der Waals surface area (Å²) in [6.07, 6.45) is -11.6. The van der Waals surface area contributed by atoms with Crippen LogP contribution in [0, 0.1) is 0 Å². The van der Waals surface area contributed by atoms with Gasteiger partial charge in [0, 0.05) is 0 Å². The third-order valence-corrected chi connectivity index (χ3v) is 2.77. The number of hydrogen-bond donors (Lipinski definition) is 6. The van der Waals surface area contributed by atoms with Crippen LogP contribution in [-0.2, 0) is 14.6 Å². The largest absolute Gasteiger partial charge is 0.397 e. The summed E-state index contributed by atoms with van der Waals surface area (Å²) in [6, 6.07) is 0. The van der Waals surface area contributed by atoms with Gasteiger partial charge in [-0.15, -0.1) is 0 Å². The standard InChI is InChI=1S/C6H12O9S/c7-1-2(8)4(10)6(5(11)3(1)9)15-16(12,13)14/h1-11H,(H,12,13,14)/t1?,2-,3-,4-,5-,6?/m0/s1. The van der Waals surface area contributed by atoms with Gasteiger partial charge in [-0.3, -0.25) is 4.55 Å². The Hall–Kier alpha value is -0.330. The molecule has 0 saturated heterocycles. The maximum atomic E-state index is 10.4. The second kappa shape index (κ2) is 4.50. The minimum absolute atomic E-state index is 1.86. The quantitative estimate of drug-likeness (QED) is 0.271. The minimum Gasteiger partial charge on any atom is -0.387 e. The molecule has 1 rings (SSSR count). The van der Waals surface area contributed by atoms with Crippen molar-refractivity contribution in [2.24, 2.45) is 0 Å². The first-order valence-corrected chi connectivity index (χ1v) is 5.57. The molecule has 0 aromatic carbocycles. The van der Waals surface area contributed by atoms with E-state index in [0.717, 1.165) is 0 Å². The smallest absolute Gasteiger partial charge is 0.387 e. The molecule has 6 N–H and O–H groups in total. The van der Waals surface area contributed by atoms with Crippen LogP contribution >= 0.6 is 0 Å². The zero-order chi connectivity index (χ0) is 12.7. The van der Waals surface area contributed by atoms with Gasteiger partial charge in [-0.05, 0) is 0 Å². The number of aliphatic hydroxyl groups excluding tert-OH is 5. The Morgan fingerprint density at radius 3 is 1.38 bits per heavy atom. The minimum atomic E-state index is -4.98. The lowest BCUT2D eigenvalue weighted by Crippen LogP contribution is -2.64. The molecule has 0 aromatic rings. The molecule has 96 valence electrons. The molecular weight excluding hydrogens is 248 g/mol. The maximum Gasteiger partial charge on any atom is 0.397 e. The SMILES string of the molecule is O=S(=O)(O)OC1[C@@H](O)[C@@H](O)C(O)[C@H](O)[C@@H]1O. The molecule has 0 bridgehead atoms. The number of hydrogen-bond acceptors (Lipinski definition) is 8. The fourth-order valence-corrected chi connectivity index (χ4v) is 1.96. The van der Waals surface area contributed by atoms with Gasteiger partial charge in [0.05, 0.1) is 0 Å². The Labute approximate surface area is 90.5 Å². The van der Waals surface area contributed by atoms with Gasteiger partial charge in [0.15, 0.2) is 0 Å². The van der Waals surface area contributed by atoms with E-state index in [1.807, 2.05) is 0 Å². The summed E-state index contributed by atoms with van der Waals surface area (Å²) < 4.78 is 33.0. The van der Waals surface area contributed by atoms with E-state index in [0.29, 0.717) is 0 Å². The monoisotopic (exact) mass is 260 g/mol. The van der Waals surface area contributed by atoms with Crippen molar-refractivity contribution in [3.63, 3.8) is 0 Å². The molecule has 0 aliphatic heterocycles. The van der Waals surface area contributed by atoms with Crippen LogP contribution in [0.15, 0.2) is 0 Å². The first kappa shape index (κ1) is 13.7. The molecule has 16 heavy (non-hydrogen) atoms. The van der Waals surface area contributed by atoms with Crippen molar-refractivity contribution in [1.29, 1.82) is 0 Å². The van der Waals surface area contributed by atoms with Gasteiger partial charge < -0.3 is 25.5 Å². The second-order valence-electron chi connectivity index (χ2n) is 3.44. The van der Waals surface area contributed by atoms with E-state index in [1.165, 1.54) is 0 Å². The highest BCUT2D eigenvalue weighted by atomic mass is 32.3. The summed E-state index contributed by atoms with van der Waals surface area (Å²) in [4.78, 5) is 0. The molecule has 1 aliphatic carbocycles. The highest BCUT2D eigenvalue weighted by Crippen LogP contribution is 2.24. The lowest BCUT2D eigenvalue weighted by Gasteiger charge is -2.40. The normalized spacial score (nSPS) is 45.6. The van der Waals surface area contributed by atoms with E-state index in [4.69, 9.17) is 9.66 Å². The van der Waals surface area contributed by atoms with Crippen LogP contribution in [0.25, 0.3) is 0 Å². The Morgan fingerprint density at radius 1 is 0.750 bits per heavy atom. The van der Waals surface area contributed by atoms with Crippen molar-refractivity contribution in [2.45, 2.75) is 36.6 Å². The number of aliphatic hydroxyl groups is 5. The van der Waals surface area contributed by atoms with Crippen LogP contribution in [0.3, 0.4) is 0 Å². The van der Waals surface area contributed by atoms with Crippen molar-refractivity contribution in [2.75, 3.05) is 0 Å². The molecule has 1 saturated carbocycles. The molecule has 4 atom stereocenters. The van der Waals surface area contributed by atoms with Crippen LogP contribution in [0.1, 0.15) is 0 Å². The van der Waals surface area contributed by atoms with Crippen LogP contribution < -0.4 is 0 Å². The van der Waals surface area contributed by atoms with E-state index in [2.05, 4.69) is 4.18 Å². The third-order valence-electron chi connectivity index (χ3n) is 2.31. The second-order valence-corrected chi connectivity index (χ2v) is 4.49. The molecule has 0 heterocycles. The maximum absolute atomic E-state index is 10.4. The van der Waals surface area contributed by atoms with E-state index in [1.54, 1.807) is 0 Å². The first-order chi connectivity index (χ1) is 7.15. The highest BCUT2D eigenvalue weighted by Gasteiger charge is 2.50. The van der Waals surface area contributed by atoms with Gasteiger partial charge in [0.2, 0.25) is 0 Å². The fraction of sp³-hybridized carbons (Fsp3) is 1.00. The Morgan fingerprint density at radius 2 is 1.06 bits per heavy atom. The van der Waals surface area contributed by atoms with E-state index >= 15 is 0 Å². The third kappa shape index (κ3) is 2.67. The highest BCUT2D eigenvalue weighted by molar-refractivity contribution is 7.80. The van der Waals surface area contributed by atoms with Gasteiger partial charge in [-0.25, -0.2) is 4.18 Å². The van der Waals surface area contributed by atoms with Gasteiger partial charge >= 0.3 is 10.4 Å². The zero-order valence-electron chi connectivity index (χ0n) is 7.78. The average Bonchev–Trinajstić information content (AvgIpc) is 2.17. The van der Waals surface area contributed by atoms with Crippen molar-refractivity contribution in [3.8, 4) is 0 Å². The van der Waals surface area contributed by atoms with Crippen LogP contribution in [0.5, 0.6) is 0 Å². The predicted octanol–water partition coefficient (Wildman–Crippen LogP) is -4.01. The van der Waals surface area contributed by atoms with Gasteiger partial charge in [-0.2, -0.15) is 8.42 Å². The van der Waals surface area contributed by atoms with E-state index in [9.17, 15) is 28.8 Å². The Balaban J connectivity index is 2.91. The van der Waals surface area contributed by atoms with Crippen LogP contribution in [-0.4, -0.2) is 75.1 Å². The fourth-order valence-electron chi connectivity index (χ4n) is 1.45. The first-order valence-electron chi connectivity index (χ1n) is 4.21. The molecule has 1 aliphatic rings. The molecule has 0 aromatic heterocycles. The molecule has 0 spiro atoms. The van der Waals surface area contributed by atoms with Crippen molar-refractivity contribution < 1.29 is 42.7 Å². The van der Waals surface area contributed by atoms with Gasteiger partial charge in [-0.1, -0.05) is 0 Å². The van der Waals surface area contributed by atoms with Gasteiger partial charge in [0.25, 0.3) is 0 Å². The van der Waals surface area contributed by atoms with Gasteiger partial charge in [0.1, 0.15) is 36.6 Å². The predicted molar refractivity (Wildman–Crippen MR) is 46.5 cm³/mol. The zero-order valence-corrected chi connectivity index (χ0v) is 8.60. The summed E-state index contributed by atoms with van der Waals surface area (Å²) >= 11 is 0. The Kier molecular flexibility index (Phi) is 3.87. The Bertz CT molecular complexity index is 324. The summed E-state index contributed by atoms with van der Waals surface area (Å²) in [6.45, 7) is 0. The molecular formula is C6H12O9S. The molecule has 10 heteroatoms. The summed E-state index contributed by atoms with van der Waals surface area (Å²) in [7, 11) is -4.98. The lowest BCUT2D eigenvalue weighted by molar-refractivity contribution is -0.217. The van der Waals surface area contributed by atoms with E-state index in [-0.39, 0.29) is 0 Å². The van der Waals surface area contributed by atoms with Crippen molar-refractivity contribution in [3.05, 3.63) is 0 Å². The molecule has 1 fully saturated rings. The molecule has 0 amide bonds. The summed E-state index contributed by atoms with van der Waals surface area (Å²) in [5.41, 5.74) is 0. The van der Waals surface area contributed by atoms with Crippen molar-refractivity contribution >= 4 is 10.4 Å². The van der Waals surface area contributed by atoms with E-state index < -0.39 is 47.0 Å².